The summed E-state index contributed by atoms with van der Waals surface area (Å²) in [6.45, 7) is 8.45. The van der Waals surface area contributed by atoms with E-state index in [1.54, 1.807) is 6.20 Å². The number of rotatable bonds is 4. The molecule has 1 atom stereocenters. The Labute approximate surface area is 138 Å². The Hall–Kier alpha value is -1.94. The third-order valence-corrected chi connectivity index (χ3v) is 3.89. The van der Waals surface area contributed by atoms with E-state index >= 15 is 0 Å². The van der Waals surface area contributed by atoms with Crippen molar-refractivity contribution in [3.63, 3.8) is 0 Å². The zero-order chi connectivity index (χ0) is 16.1. The smallest absolute Gasteiger partial charge is 0.172 e. The van der Waals surface area contributed by atoms with Crippen LogP contribution in [-0.2, 0) is 0 Å². The molecular weight excluding hydrogens is 290 g/mol. The van der Waals surface area contributed by atoms with Gasteiger partial charge < -0.3 is 10.6 Å². The summed E-state index contributed by atoms with van der Waals surface area (Å²) in [5, 5.41) is 7.15. The molecule has 0 radical (unpaired) electrons. The summed E-state index contributed by atoms with van der Waals surface area (Å²) in [4.78, 5) is 4.28. The lowest BCUT2D eigenvalue weighted by molar-refractivity contribution is 0.625. The lowest BCUT2D eigenvalue weighted by atomic mass is 9.98. The van der Waals surface area contributed by atoms with E-state index in [-0.39, 0.29) is 6.04 Å². The molecule has 116 valence electrons. The first-order chi connectivity index (χ1) is 10.5. The minimum absolute atomic E-state index is 0.199. The molecule has 0 amide bonds. The predicted octanol–water partition coefficient (Wildman–Crippen LogP) is 4.44. The van der Waals surface area contributed by atoms with Crippen LogP contribution < -0.4 is 10.6 Å². The van der Waals surface area contributed by atoms with Crippen molar-refractivity contribution in [2.75, 3.05) is 5.32 Å². The molecule has 1 aromatic heterocycles. The van der Waals surface area contributed by atoms with Crippen molar-refractivity contribution in [3.05, 3.63) is 58.8 Å². The topological polar surface area (TPSA) is 37.0 Å². The SMILES string of the molecule is CC[C@H](NC(=S)Nc1cc(C)ccn1)c1ccc(C)cc1C. The second-order valence-electron chi connectivity index (χ2n) is 5.64. The Balaban J connectivity index is 2.08. The second-order valence-corrected chi connectivity index (χ2v) is 6.05. The fourth-order valence-corrected chi connectivity index (χ4v) is 2.78. The van der Waals surface area contributed by atoms with Gasteiger partial charge in [-0.1, -0.05) is 30.7 Å². The van der Waals surface area contributed by atoms with Gasteiger partial charge in [-0.15, -0.1) is 0 Å². The zero-order valence-electron chi connectivity index (χ0n) is 13.6. The van der Waals surface area contributed by atoms with Crippen molar-refractivity contribution >= 4 is 23.1 Å². The summed E-state index contributed by atoms with van der Waals surface area (Å²) >= 11 is 5.43. The molecule has 4 heteroatoms. The van der Waals surface area contributed by atoms with E-state index < -0.39 is 0 Å². The van der Waals surface area contributed by atoms with Crippen LogP contribution in [0.25, 0.3) is 0 Å². The van der Waals surface area contributed by atoms with E-state index in [1.807, 2.05) is 19.1 Å². The average molecular weight is 313 g/mol. The Kier molecular flexibility index (Phi) is 5.50. The van der Waals surface area contributed by atoms with E-state index in [1.165, 1.54) is 16.7 Å². The largest absolute Gasteiger partial charge is 0.356 e. The van der Waals surface area contributed by atoms with E-state index in [4.69, 9.17) is 12.2 Å². The van der Waals surface area contributed by atoms with Gasteiger partial charge in [-0.05, 0) is 68.2 Å². The summed E-state index contributed by atoms with van der Waals surface area (Å²) in [5.41, 5.74) is 5.01. The Bertz CT molecular complexity index is 667. The first-order valence-electron chi connectivity index (χ1n) is 7.57. The predicted molar refractivity (Wildman–Crippen MR) is 97.3 cm³/mol. The summed E-state index contributed by atoms with van der Waals surface area (Å²) < 4.78 is 0. The molecule has 2 N–H and O–H groups in total. The van der Waals surface area contributed by atoms with E-state index in [9.17, 15) is 0 Å². The Morgan fingerprint density at radius 1 is 1.14 bits per heavy atom. The molecule has 2 aromatic rings. The summed E-state index contributed by atoms with van der Waals surface area (Å²) in [6, 6.07) is 10.7. The molecule has 0 fully saturated rings. The highest BCUT2D eigenvalue weighted by Gasteiger charge is 2.13. The number of hydrogen-bond acceptors (Lipinski definition) is 2. The minimum atomic E-state index is 0.199. The molecule has 0 saturated carbocycles. The van der Waals surface area contributed by atoms with Gasteiger partial charge in [0.2, 0.25) is 0 Å². The quantitative estimate of drug-likeness (QED) is 0.818. The summed E-state index contributed by atoms with van der Waals surface area (Å²) in [6.07, 6.45) is 2.74. The fraction of sp³-hybridized carbons (Fsp3) is 0.333. The van der Waals surface area contributed by atoms with Crippen LogP contribution in [0.2, 0.25) is 0 Å². The highest BCUT2D eigenvalue weighted by Crippen LogP contribution is 2.21. The molecule has 1 aromatic carbocycles. The highest BCUT2D eigenvalue weighted by molar-refractivity contribution is 7.80. The van der Waals surface area contributed by atoms with E-state index in [0.29, 0.717) is 5.11 Å². The molecule has 0 bridgehead atoms. The van der Waals surface area contributed by atoms with Crippen LogP contribution in [0.15, 0.2) is 36.5 Å². The van der Waals surface area contributed by atoms with Crippen LogP contribution in [0.4, 0.5) is 5.82 Å². The number of aryl methyl sites for hydroxylation is 3. The maximum Gasteiger partial charge on any atom is 0.172 e. The third kappa shape index (κ3) is 4.28. The zero-order valence-corrected chi connectivity index (χ0v) is 14.4. The van der Waals surface area contributed by atoms with Crippen LogP contribution >= 0.6 is 12.2 Å². The number of aromatic nitrogens is 1. The van der Waals surface area contributed by atoms with Crippen molar-refractivity contribution in [2.24, 2.45) is 0 Å². The molecule has 0 aliphatic carbocycles. The number of nitrogens with zero attached hydrogens (tertiary/aromatic N) is 1. The van der Waals surface area contributed by atoms with Gasteiger partial charge in [0.15, 0.2) is 5.11 Å². The third-order valence-electron chi connectivity index (χ3n) is 3.67. The van der Waals surface area contributed by atoms with Crippen LogP contribution in [0.5, 0.6) is 0 Å². The van der Waals surface area contributed by atoms with Gasteiger partial charge in [0.25, 0.3) is 0 Å². The molecule has 0 aliphatic heterocycles. The first-order valence-corrected chi connectivity index (χ1v) is 7.97. The van der Waals surface area contributed by atoms with Gasteiger partial charge in [0, 0.05) is 6.20 Å². The van der Waals surface area contributed by atoms with Crippen molar-refractivity contribution in [2.45, 2.75) is 40.2 Å². The molecule has 1 heterocycles. The maximum atomic E-state index is 5.43. The number of nitrogens with one attached hydrogen (secondary N) is 2. The molecule has 0 unspecified atom stereocenters. The Morgan fingerprint density at radius 2 is 1.86 bits per heavy atom. The minimum Gasteiger partial charge on any atom is -0.356 e. The Morgan fingerprint density at radius 3 is 2.50 bits per heavy atom. The molecule has 0 saturated heterocycles. The van der Waals surface area contributed by atoms with Gasteiger partial charge >= 0.3 is 0 Å². The van der Waals surface area contributed by atoms with Gasteiger partial charge in [-0.2, -0.15) is 0 Å². The number of pyridine rings is 1. The number of benzene rings is 1. The van der Waals surface area contributed by atoms with Crippen LogP contribution in [0.3, 0.4) is 0 Å². The van der Waals surface area contributed by atoms with Crippen LogP contribution in [0, 0.1) is 20.8 Å². The second kappa shape index (κ2) is 7.36. The van der Waals surface area contributed by atoms with E-state index in [2.05, 4.69) is 54.6 Å². The molecule has 0 aliphatic rings. The number of hydrogen-bond donors (Lipinski definition) is 2. The van der Waals surface area contributed by atoms with Gasteiger partial charge in [0.1, 0.15) is 5.82 Å². The summed E-state index contributed by atoms with van der Waals surface area (Å²) in [7, 11) is 0. The lowest BCUT2D eigenvalue weighted by Crippen LogP contribution is -2.32. The van der Waals surface area contributed by atoms with E-state index in [0.717, 1.165) is 17.8 Å². The normalized spacial score (nSPS) is 11.8. The number of thiocarbonyl (C=S) groups is 1. The standard InChI is InChI=1S/C18H23N3S/c1-5-16(15-7-6-12(2)10-14(15)4)20-18(22)21-17-11-13(3)8-9-19-17/h6-11,16H,5H2,1-4H3,(H2,19,20,21,22)/t16-/m0/s1. The highest BCUT2D eigenvalue weighted by atomic mass is 32.1. The maximum absolute atomic E-state index is 5.43. The average Bonchev–Trinajstić information content (AvgIpc) is 2.45. The monoisotopic (exact) mass is 313 g/mol. The van der Waals surface area contributed by atoms with Crippen molar-refractivity contribution < 1.29 is 0 Å². The van der Waals surface area contributed by atoms with Crippen LogP contribution in [0.1, 0.15) is 41.6 Å². The van der Waals surface area contributed by atoms with Crippen molar-refractivity contribution in [3.8, 4) is 0 Å². The van der Waals surface area contributed by atoms with Crippen molar-refractivity contribution in [1.82, 2.24) is 10.3 Å². The van der Waals surface area contributed by atoms with Crippen LogP contribution in [-0.4, -0.2) is 10.1 Å². The summed E-state index contributed by atoms with van der Waals surface area (Å²) in [5.74, 6) is 0.771. The molecule has 2 rings (SSSR count). The first kappa shape index (κ1) is 16.4. The van der Waals surface area contributed by atoms with Gasteiger partial charge in [0.05, 0.1) is 6.04 Å². The fourth-order valence-electron chi connectivity index (χ4n) is 2.53. The molecular formula is C18H23N3S. The van der Waals surface area contributed by atoms with Gasteiger partial charge in [-0.25, -0.2) is 4.98 Å². The van der Waals surface area contributed by atoms with Gasteiger partial charge in [-0.3, -0.25) is 0 Å². The molecule has 0 spiro atoms. The molecule has 22 heavy (non-hydrogen) atoms. The van der Waals surface area contributed by atoms with Crippen molar-refractivity contribution in [1.29, 1.82) is 0 Å². The number of anilines is 1. The lowest BCUT2D eigenvalue weighted by Gasteiger charge is -2.22. The molecule has 3 nitrogen and oxygen atoms in total.